The Kier molecular flexibility index (Phi) is 10.3. The highest BCUT2D eigenvalue weighted by Gasteiger charge is 2.42. The molecule has 3 aromatic rings. The zero-order valence-electron chi connectivity index (χ0n) is 22.2. The smallest absolute Gasteiger partial charge is 0.414 e. The number of fused-ring (bicyclic) bond motifs is 2. The number of carbonyl (C=O) groups is 2. The van der Waals surface area contributed by atoms with Crippen LogP contribution in [0.2, 0.25) is 0 Å². The quantitative estimate of drug-likeness (QED) is 0.355. The first-order chi connectivity index (χ1) is 19.3. The Hall–Kier alpha value is -3.66. The minimum Gasteiger partial charge on any atom is -0.473 e. The van der Waals surface area contributed by atoms with Gasteiger partial charge >= 0.3 is 11.9 Å². The summed E-state index contributed by atoms with van der Waals surface area (Å²) < 4.78 is 33.2. The molecule has 2 aliphatic rings. The van der Waals surface area contributed by atoms with Gasteiger partial charge in [-0.25, -0.2) is 18.4 Å². The fraction of sp³-hybridized carbons (Fsp3) is 0.355. The number of carboxylic acid groups (broad SMARTS) is 2. The van der Waals surface area contributed by atoms with E-state index in [2.05, 4.69) is 40.1 Å². The number of hydrogen-bond acceptors (Lipinski definition) is 5. The van der Waals surface area contributed by atoms with Crippen LogP contribution < -0.4 is 0 Å². The normalized spacial score (nSPS) is 18.5. The van der Waals surface area contributed by atoms with Gasteiger partial charge in [0.05, 0.1) is 6.61 Å². The lowest BCUT2D eigenvalue weighted by Crippen LogP contribution is -2.47. The van der Waals surface area contributed by atoms with Crippen molar-refractivity contribution in [2.24, 2.45) is 0 Å². The summed E-state index contributed by atoms with van der Waals surface area (Å²) in [6, 6.07) is 24.7. The Labute approximate surface area is 232 Å². The SMILES string of the molecule is Fc1ccc(C(OCCN2CC3CC2CN3CCCc2ccccc2)c2ccc(F)cc2)cc1.O=C(O)C(=O)O. The van der Waals surface area contributed by atoms with Gasteiger partial charge in [-0.1, -0.05) is 54.6 Å². The molecule has 7 nitrogen and oxygen atoms in total. The number of halogens is 2. The van der Waals surface area contributed by atoms with Gasteiger partial charge in [-0.15, -0.1) is 0 Å². The lowest BCUT2D eigenvalue weighted by atomic mass is 10.0. The van der Waals surface area contributed by atoms with Crippen molar-refractivity contribution in [1.82, 2.24) is 9.80 Å². The van der Waals surface area contributed by atoms with Gasteiger partial charge in [-0.05, 0) is 66.8 Å². The highest BCUT2D eigenvalue weighted by Crippen LogP contribution is 2.31. The second-order valence-electron chi connectivity index (χ2n) is 10.1. The summed E-state index contributed by atoms with van der Waals surface area (Å²) in [6.45, 7) is 4.85. The molecule has 40 heavy (non-hydrogen) atoms. The van der Waals surface area contributed by atoms with Crippen LogP contribution in [0.1, 0.15) is 35.6 Å². The molecule has 0 saturated carbocycles. The van der Waals surface area contributed by atoms with Crippen LogP contribution in [0.5, 0.6) is 0 Å². The zero-order chi connectivity index (χ0) is 28.5. The largest absolute Gasteiger partial charge is 0.473 e. The number of likely N-dealkylation sites (tertiary alicyclic amines) is 2. The molecule has 3 aromatic carbocycles. The van der Waals surface area contributed by atoms with E-state index >= 15 is 0 Å². The molecule has 2 fully saturated rings. The molecule has 212 valence electrons. The number of aliphatic carboxylic acids is 2. The number of benzene rings is 3. The van der Waals surface area contributed by atoms with Crippen LogP contribution in [0.3, 0.4) is 0 Å². The van der Waals surface area contributed by atoms with Crippen molar-refractivity contribution in [1.29, 1.82) is 0 Å². The molecular formula is C31H34F2N2O5. The van der Waals surface area contributed by atoms with Crippen molar-refractivity contribution in [2.45, 2.75) is 37.5 Å². The van der Waals surface area contributed by atoms with E-state index in [9.17, 15) is 8.78 Å². The van der Waals surface area contributed by atoms with Crippen molar-refractivity contribution >= 4 is 11.9 Å². The second kappa shape index (κ2) is 14.1. The van der Waals surface area contributed by atoms with E-state index in [1.54, 1.807) is 24.3 Å². The Balaban J connectivity index is 0.000000557. The lowest BCUT2D eigenvalue weighted by Gasteiger charge is -2.34. The van der Waals surface area contributed by atoms with Gasteiger partial charge in [0.25, 0.3) is 0 Å². The standard InChI is InChI=1S/C29H32F2N2O.C2H2O4/c30-25-12-8-23(9-13-25)29(24-10-14-26(31)15-11-24)34-18-17-33-21-27-19-28(33)20-32(27)16-4-7-22-5-2-1-3-6-22;3-1(4)2(5)6/h1-3,5-6,8-15,27-29H,4,7,16-21H2;(H,3,4)(H,5,6). The number of ether oxygens (including phenoxy) is 1. The van der Waals surface area contributed by atoms with Crippen LogP contribution in [0.15, 0.2) is 78.9 Å². The molecule has 2 heterocycles. The first-order valence-electron chi connectivity index (χ1n) is 13.4. The topological polar surface area (TPSA) is 90.3 Å². The molecule has 9 heteroatoms. The third kappa shape index (κ3) is 8.17. The van der Waals surface area contributed by atoms with E-state index in [-0.39, 0.29) is 17.7 Å². The van der Waals surface area contributed by atoms with E-state index < -0.39 is 11.9 Å². The maximum absolute atomic E-state index is 13.4. The van der Waals surface area contributed by atoms with Crippen molar-refractivity contribution < 1.29 is 33.3 Å². The summed E-state index contributed by atoms with van der Waals surface area (Å²) in [5, 5.41) is 14.8. The van der Waals surface area contributed by atoms with Gasteiger partial charge in [-0.2, -0.15) is 0 Å². The summed E-state index contributed by atoms with van der Waals surface area (Å²) in [4.78, 5) is 23.4. The Morgan fingerprint density at radius 1 is 0.775 bits per heavy atom. The molecule has 0 amide bonds. The maximum atomic E-state index is 13.4. The van der Waals surface area contributed by atoms with Crippen LogP contribution >= 0.6 is 0 Å². The number of aryl methyl sites for hydroxylation is 1. The molecule has 2 unspecified atom stereocenters. The average molecular weight is 553 g/mol. The molecule has 2 saturated heterocycles. The maximum Gasteiger partial charge on any atom is 0.414 e. The number of carboxylic acids is 2. The zero-order valence-corrected chi connectivity index (χ0v) is 22.2. The second-order valence-corrected chi connectivity index (χ2v) is 10.1. The summed E-state index contributed by atoms with van der Waals surface area (Å²) in [6.07, 6.45) is 3.24. The fourth-order valence-electron chi connectivity index (χ4n) is 5.46. The number of rotatable bonds is 10. The van der Waals surface area contributed by atoms with Crippen LogP contribution in [-0.4, -0.2) is 76.8 Å². The van der Waals surface area contributed by atoms with E-state index in [0.717, 1.165) is 43.7 Å². The molecule has 0 aromatic heterocycles. The molecule has 2 bridgehead atoms. The summed E-state index contributed by atoms with van der Waals surface area (Å²) in [5.41, 5.74) is 3.17. The predicted octanol–water partition coefficient (Wildman–Crippen LogP) is 4.62. The molecule has 0 radical (unpaired) electrons. The van der Waals surface area contributed by atoms with Gasteiger partial charge in [0.15, 0.2) is 0 Å². The van der Waals surface area contributed by atoms with Crippen LogP contribution in [0.25, 0.3) is 0 Å². The minimum absolute atomic E-state index is 0.275. The summed E-state index contributed by atoms with van der Waals surface area (Å²) in [7, 11) is 0. The average Bonchev–Trinajstić information content (AvgIpc) is 3.54. The van der Waals surface area contributed by atoms with Crippen molar-refractivity contribution in [3.8, 4) is 0 Å². The van der Waals surface area contributed by atoms with E-state index in [0.29, 0.717) is 18.7 Å². The third-order valence-corrected chi connectivity index (χ3v) is 7.41. The highest BCUT2D eigenvalue weighted by molar-refractivity contribution is 6.27. The molecule has 2 aliphatic heterocycles. The van der Waals surface area contributed by atoms with Gasteiger partial charge in [-0.3, -0.25) is 9.80 Å². The Morgan fingerprint density at radius 2 is 1.27 bits per heavy atom. The van der Waals surface area contributed by atoms with E-state index in [1.807, 2.05) is 0 Å². The van der Waals surface area contributed by atoms with Crippen LogP contribution in [0, 0.1) is 11.6 Å². The number of piperazine rings is 1. The third-order valence-electron chi connectivity index (χ3n) is 7.41. The van der Waals surface area contributed by atoms with Crippen molar-refractivity contribution in [3.63, 3.8) is 0 Å². The van der Waals surface area contributed by atoms with Gasteiger partial charge in [0.1, 0.15) is 17.7 Å². The van der Waals surface area contributed by atoms with Gasteiger partial charge < -0.3 is 14.9 Å². The molecule has 0 aliphatic carbocycles. The summed E-state index contributed by atoms with van der Waals surface area (Å²) in [5.74, 6) is -4.20. The molecule has 2 N–H and O–H groups in total. The predicted molar refractivity (Wildman–Crippen MR) is 146 cm³/mol. The van der Waals surface area contributed by atoms with Crippen LogP contribution in [0.4, 0.5) is 8.78 Å². The molecular weight excluding hydrogens is 518 g/mol. The van der Waals surface area contributed by atoms with Gasteiger partial charge in [0, 0.05) is 31.7 Å². The molecule has 0 spiro atoms. The minimum atomic E-state index is -1.82. The summed E-state index contributed by atoms with van der Waals surface area (Å²) >= 11 is 0. The van der Waals surface area contributed by atoms with Gasteiger partial charge in [0.2, 0.25) is 0 Å². The van der Waals surface area contributed by atoms with E-state index in [1.165, 1.54) is 42.7 Å². The lowest BCUT2D eigenvalue weighted by molar-refractivity contribution is -0.159. The first kappa shape index (κ1) is 29.3. The van der Waals surface area contributed by atoms with Crippen molar-refractivity contribution in [2.75, 3.05) is 32.8 Å². The van der Waals surface area contributed by atoms with E-state index in [4.69, 9.17) is 24.5 Å². The fourth-order valence-corrected chi connectivity index (χ4v) is 5.46. The Morgan fingerprint density at radius 3 is 1.75 bits per heavy atom. The first-order valence-corrected chi connectivity index (χ1v) is 13.4. The molecule has 5 rings (SSSR count). The highest BCUT2D eigenvalue weighted by atomic mass is 19.1. The van der Waals surface area contributed by atoms with Crippen molar-refractivity contribution in [3.05, 3.63) is 107 Å². The molecule has 2 atom stereocenters. The number of hydrogen-bond donors (Lipinski definition) is 2. The Bertz CT molecular complexity index is 1180. The number of nitrogens with zero attached hydrogens (tertiary/aromatic N) is 2. The monoisotopic (exact) mass is 552 g/mol. The van der Waals surface area contributed by atoms with Crippen LogP contribution in [-0.2, 0) is 20.7 Å².